The molecule has 130 valence electrons. The van der Waals surface area contributed by atoms with Crippen LogP contribution in [0.5, 0.6) is 5.75 Å². The van der Waals surface area contributed by atoms with E-state index in [1.54, 1.807) is 7.11 Å². The van der Waals surface area contributed by atoms with Gasteiger partial charge in [-0.25, -0.2) is 0 Å². The first-order valence-electron chi connectivity index (χ1n) is 8.18. The highest BCUT2D eigenvalue weighted by Crippen LogP contribution is 2.59. The SMILES string of the molecule is COc1cc2c(cc1C)N(P(P)P)C[C@@H]1Cc3ccccc3N1C2=O. The number of para-hydroxylation sites is 1. The normalized spacial score (nSPS) is 18.8. The fourth-order valence-corrected chi connectivity index (χ4v) is 5.91. The minimum atomic E-state index is -0.520. The third kappa shape index (κ3) is 2.76. The molecule has 2 aliphatic rings. The molecule has 0 saturated heterocycles. The zero-order valence-electron chi connectivity index (χ0n) is 14.3. The van der Waals surface area contributed by atoms with Gasteiger partial charge in [-0.15, -0.1) is 0 Å². The Morgan fingerprint density at radius 3 is 2.68 bits per heavy atom. The molecule has 0 fully saturated rings. The van der Waals surface area contributed by atoms with E-state index in [1.165, 1.54) is 5.56 Å². The minimum Gasteiger partial charge on any atom is -0.496 e. The Hall–Kier alpha value is -1.20. The van der Waals surface area contributed by atoms with Crippen LogP contribution in [0.2, 0.25) is 0 Å². The summed E-state index contributed by atoms with van der Waals surface area (Å²) in [6.07, 6.45) is 0.904. The number of aryl methyl sites for hydroxylation is 1. The topological polar surface area (TPSA) is 32.8 Å². The molecule has 0 spiro atoms. The van der Waals surface area contributed by atoms with Crippen molar-refractivity contribution in [2.75, 3.05) is 23.2 Å². The number of hydrogen-bond acceptors (Lipinski definition) is 3. The van der Waals surface area contributed by atoms with Crippen molar-refractivity contribution >= 4 is 42.6 Å². The van der Waals surface area contributed by atoms with E-state index in [0.29, 0.717) is 0 Å². The van der Waals surface area contributed by atoms with E-state index in [9.17, 15) is 4.79 Å². The smallest absolute Gasteiger partial charge is 0.260 e. The van der Waals surface area contributed by atoms with E-state index in [2.05, 4.69) is 40.7 Å². The lowest BCUT2D eigenvalue weighted by atomic mass is 10.1. The summed E-state index contributed by atoms with van der Waals surface area (Å²) in [6, 6.07) is 12.4. The highest BCUT2D eigenvalue weighted by Gasteiger charge is 2.40. The molecule has 4 nitrogen and oxygen atoms in total. The molecule has 7 heteroatoms. The molecule has 0 aromatic heterocycles. The fraction of sp³-hybridized carbons (Fsp3) is 0.278. The number of benzene rings is 2. The maximum absolute atomic E-state index is 13.5. The molecule has 0 aliphatic carbocycles. The van der Waals surface area contributed by atoms with Crippen molar-refractivity contribution in [1.82, 2.24) is 0 Å². The van der Waals surface area contributed by atoms with E-state index >= 15 is 0 Å². The molecule has 1 amide bonds. The molecule has 0 radical (unpaired) electrons. The van der Waals surface area contributed by atoms with Gasteiger partial charge in [0.1, 0.15) is 5.75 Å². The van der Waals surface area contributed by atoms with E-state index in [0.717, 1.165) is 41.2 Å². The standard InChI is InChI=1S/C18H21N2O2P3/c1-11-7-16-14(9-17(11)22-2)18(21)20-13(10-19(16)25(23)24)8-12-5-3-4-6-15(12)20/h3-7,9,13H,8,10,23-24H2,1-2H3/t13-/m0/s1. The van der Waals surface area contributed by atoms with Crippen LogP contribution >= 0.6 is 25.3 Å². The summed E-state index contributed by atoms with van der Waals surface area (Å²) in [5.74, 6) is 0.826. The molecule has 4 rings (SSSR count). The molecular formula is C18H21N2O2P3. The molecule has 0 bridgehead atoms. The van der Waals surface area contributed by atoms with Crippen molar-refractivity contribution in [1.29, 1.82) is 0 Å². The Morgan fingerprint density at radius 1 is 1.20 bits per heavy atom. The third-order valence-corrected chi connectivity index (χ3v) is 7.58. The molecule has 25 heavy (non-hydrogen) atoms. The summed E-state index contributed by atoms with van der Waals surface area (Å²) in [5, 5.41) is 0. The minimum absolute atomic E-state index is 0.0672. The van der Waals surface area contributed by atoms with Gasteiger partial charge in [-0.1, -0.05) is 36.1 Å². The van der Waals surface area contributed by atoms with Gasteiger partial charge >= 0.3 is 0 Å². The number of anilines is 2. The van der Waals surface area contributed by atoms with Crippen molar-refractivity contribution in [2.24, 2.45) is 0 Å². The fourth-order valence-electron chi connectivity index (χ4n) is 3.81. The Labute approximate surface area is 153 Å². The Bertz CT molecular complexity index is 856. The van der Waals surface area contributed by atoms with E-state index in [1.807, 2.05) is 30.0 Å². The lowest BCUT2D eigenvalue weighted by Gasteiger charge is -2.31. The number of amides is 1. The molecule has 2 heterocycles. The summed E-state index contributed by atoms with van der Waals surface area (Å²) in [7, 11) is 6.92. The summed E-state index contributed by atoms with van der Waals surface area (Å²) in [6.45, 7) is 2.86. The number of nitrogens with zero attached hydrogens (tertiary/aromatic N) is 2. The van der Waals surface area contributed by atoms with Gasteiger partial charge in [0, 0.05) is 19.7 Å². The monoisotopic (exact) mass is 390 g/mol. The lowest BCUT2D eigenvalue weighted by Crippen LogP contribution is -2.40. The van der Waals surface area contributed by atoms with Gasteiger partial charge < -0.3 is 14.3 Å². The summed E-state index contributed by atoms with van der Waals surface area (Å²) in [4.78, 5) is 15.4. The number of carbonyl (C=O) groups is 1. The van der Waals surface area contributed by atoms with Crippen molar-refractivity contribution in [3.05, 3.63) is 53.1 Å². The first kappa shape index (κ1) is 17.2. The number of ether oxygens (including phenoxy) is 1. The number of rotatable bonds is 2. The van der Waals surface area contributed by atoms with Crippen molar-refractivity contribution in [2.45, 2.75) is 19.4 Å². The largest absolute Gasteiger partial charge is 0.496 e. The van der Waals surface area contributed by atoms with E-state index < -0.39 is 7.45 Å². The molecule has 3 atom stereocenters. The maximum atomic E-state index is 13.5. The quantitative estimate of drug-likeness (QED) is 0.714. The molecule has 0 N–H and O–H groups in total. The van der Waals surface area contributed by atoms with E-state index in [-0.39, 0.29) is 11.9 Å². The van der Waals surface area contributed by atoms with Crippen LogP contribution in [0, 0.1) is 6.92 Å². The first-order chi connectivity index (χ1) is 12.0. The highest BCUT2D eigenvalue weighted by atomic mass is 32.4. The Kier molecular flexibility index (Phi) is 4.49. The molecule has 2 aliphatic heterocycles. The number of methoxy groups -OCH3 is 1. The molecule has 0 saturated carbocycles. The second-order valence-electron chi connectivity index (χ2n) is 6.46. The van der Waals surface area contributed by atoms with Crippen LogP contribution in [0.4, 0.5) is 11.4 Å². The molecule has 2 unspecified atom stereocenters. The number of carbonyl (C=O) groups excluding carboxylic acids is 1. The number of fused-ring (bicyclic) bond motifs is 4. The molecular weight excluding hydrogens is 369 g/mol. The zero-order chi connectivity index (χ0) is 17.7. The first-order valence-corrected chi connectivity index (χ1v) is 12.7. The summed E-state index contributed by atoms with van der Waals surface area (Å²) >= 11 is 0. The van der Waals surface area contributed by atoms with Crippen LogP contribution in [-0.4, -0.2) is 25.6 Å². The second kappa shape index (κ2) is 6.51. The van der Waals surface area contributed by atoms with Gasteiger partial charge in [-0.2, -0.15) is 0 Å². The predicted octanol–water partition coefficient (Wildman–Crippen LogP) is 4.37. The summed E-state index contributed by atoms with van der Waals surface area (Å²) in [5.41, 5.74) is 5.07. The van der Waals surface area contributed by atoms with E-state index in [4.69, 9.17) is 4.74 Å². The van der Waals surface area contributed by atoms with Gasteiger partial charge in [-0.05, 0) is 42.7 Å². The zero-order valence-corrected chi connectivity index (χ0v) is 17.5. The van der Waals surface area contributed by atoms with Gasteiger partial charge in [0.25, 0.3) is 5.91 Å². The van der Waals surface area contributed by atoms with Gasteiger partial charge in [0.2, 0.25) is 0 Å². The average molecular weight is 390 g/mol. The van der Waals surface area contributed by atoms with Crippen LogP contribution in [0.3, 0.4) is 0 Å². The summed E-state index contributed by atoms with van der Waals surface area (Å²) < 4.78 is 7.83. The van der Waals surface area contributed by atoms with Crippen molar-refractivity contribution < 1.29 is 9.53 Å². The average Bonchev–Trinajstić information content (AvgIpc) is 2.91. The molecule has 2 aromatic rings. The van der Waals surface area contributed by atoms with Crippen LogP contribution in [-0.2, 0) is 6.42 Å². The van der Waals surface area contributed by atoms with Gasteiger partial charge in [0.05, 0.1) is 24.4 Å². The Balaban J connectivity index is 1.91. The van der Waals surface area contributed by atoms with Gasteiger partial charge in [0.15, 0.2) is 0 Å². The predicted molar refractivity (Wildman–Crippen MR) is 112 cm³/mol. The lowest BCUT2D eigenvalue weighted by molar-refractivity contribution is 0.0983. The van der Waals surface area contributed by atoms with Crippen molar-refractivity contribution in [3.8, 4) is 5.75 Å². The third-order valence-electron chi connectivity index (χ3n) is 4.97. The van der Waals surface area contributed by atoms with Gasteiger partial charge in [-0.3, -0.25) is 4.79 Å². The highest BCUT2D eigenvalue weighted by molar-refractivity contribution is 8.43. The van der Waals surface area contributed by atoms with Crippen molar-refractivity contribution in [3.63, 3.8) is 0 Å². The Morgan fingerprint density at radius 2 is 1.96 bits per heavy atom. The van der Waals surface area contributed by atoms with Crippen LogP contribution in [0.15, 0.2) is 36.4 Å². The number of hydrogen-bond donors (Lipinski definition) is 0. The maximum Gasteiger partial charge on any atom is 0.260 e. The van der Waals surface area contributed by atoms with Crippen LogP contribution in [0.25, 0.3) is 0 Å². The van der Waals surface area contributed by atoms with Crippen LogP contribution in [0.1, 0.15) is 21.5 Å². The molecule has 2 aromatic carbocycles. The second-order valence-corrected chi connectivity index (χ2v) is 12.7. The van der Waals surface area contributed by atoms with Crippen LogP contribution < -0.4 is 14.3 Å².